The summed E-state index contributed by atoms with van der Waals surface area (Å²) in [4.78, 5) is 22.6. The van der Waals surface area contributed by atoms with Gasteiger partial charge in [0.05, 0.1) is 18.2 Å². The number of aromatic nitrogens is 2. The van der Waals surface area contributed by atoms with Crippen LogP contribution in [0.1, 0.15) is 35.3 Å². The number of benzene rings is 1. The fourth-order valence-corrected chi connectivity index (χ4v) is 4.57. The molecule has 1 aliphatic heterocycles. The Morgan fingerprint density at radius 1 is 1.12 bits per heavy atom. The maximum absolute atomic E-state index is 13.8. The van der Waals surface area contributed by atoms with Crippen molar-refractivity contribution in [1.82, 2.24) is 19.4 Å². The number of piperazine rings is 1. The van der Waals surface area contributed by atoms with Crippen molar-refractivity contribution < 1.29 is 5.11 Å². The highest BCUT2D eigenvalue weighted by atomic mass is 35.5. The zero-order chi connectivity index (χ0) is 22.7. The summed E-state index contributed by atoms with van der Waals surface area (Å²) in [6.07, 6.45) is 3.48. The lowest BCUT2D eigenvalue weighted by Crippen LogP contribution is -2.48. The molecule has 7 heteroatoms. The molecule has 1 aliphatic rings. The molecular formula is C25H29ClN4O2. The van der Waals surface area contributed by atoms with Crippen molar-refractivity contribution >= 4 is 11.6 Å². The smallest absolute Gasteiger partial charge is 0.259 e. The molecule has 1 N–H and O–H groups in total. The molecule has 168 valence electrons. The molecule has 6 nitrogen and oxygen atoms in total. The molecule has 3 aromatic rings. The lowest BCUT2D eigenvalue weighted by Gasteiger charge is -2.39. The van der Waals surface area contributed by atoms with Gasteiger partial charge in [-0.05, 0) is 48.9 Å². The molecule has 4 rings (SSSR count). The first-order valence-corrected chi connectivity index (χ1v) is 11.4. The molecule has 0 aliphatic carbocycles. The quantitative estimate of drug-likeness (QED) is 0.618. The minimum atomic E-state index is -0.348. The Hall–Kier alpha value is -2.67. The van der Waals surface area contributed by atoms with Gasteiger partial charge in [-0.25, -0.2) is 0 Å². The average Bonchev–Trinajstić information content (AvgIpc) is 2.81. The van der Waals surface area contributed by atoms with Crippen LogP contribution in [0.25, 0.3) is 0 Å². The normalized spacial score (nSPS) is 16.2. The van der Waals surface area contributed by atoms with E-state index in [9.17, 15) is 9.90 Å². The van der Waals surface area contributed by atoms with E-state index in [2.05, 4.69) is 21.7 Å². The number of likely N-dealkylation sites (N-methyl/N-ethyl adjacent to an activating group) is 1. The number of aryl methyl sites for hydroxylation is 1. The summed E-state index contributed by atoms with van der Waals surface area (Å²) in [5, 5.41) is 11.6. The van der Waals surface area contributed by atoms with Gasteiger partial charge in [-0.1, -0.05) is 36.7 Å². The first kappa shape index (κ1) is 22.5. The molecule has 0 bridgehead atoms. The Morgan fingerprint density at radius 2 is 1.84 bits per heavy atom. The van der Waals surface area contributed by atoms with E-state index in [1.54, 1.807) is 23.0 Å². The Kier molecular flexibility index (Phi) is 6.94. The van der Waals surface area contributed by atoms with Gasteiger partial charge in [-0.3, -0.25) is 14.7 Å². The molecule has 1 unspecified atom stereocenters. The minimum Gasteiger partial charge on any atom is -0.507 e. The molecule has 0 spiro atoms. The van der Waals surface area contributed by atoms with Crippen molar-refractivity contribution in [1.29, 1.82) is 0 Å². The van der Waals surface area contributed by atoms with Crippen LogP contribution in [0, 0.1) is 6.92 Å². The van der Waals surface area contributed by atoms with Gasteiger partial charge in [0.1, 0.15) is 5.75 Å². The van der Waals surface area contributed by atoms with Gasteiger partial charge in [0, 0.05) is 49.3 Å². The van der Waals surface area contributed by atoms with Crippen LogP contribution in [0.2, 0.25) is 5.02 Å². The summed E-state index contributed by atoms with van der Waals surface area (Å²) in [5.41, 5.74) is 2.83. The molecule has 32 heavy (non-hydrogen) atoms. The topological polar surface area (TPSA) is 61.6 Å². The van der Waals surface area contributed by atoms with E-state index in [1.165, 1.54) is 0 Å². The third-order valence-electron chi connectivity index (χ3n) is 6.26. The fraction of sp³-hybridized carbons (Fsp3) is 0.360. The summed E-state index contributed by atoms with van der Waals surface area (Å²) in [5.74, 6) is 0.0350. The van der Waals surface area contributed by atoms with Gasteiger partial charge in [0.2, 0.25) is 0 Å². The molecule has 1 atom stereocenters. The van der Waals surface area contributed by atoms with E-state index in [0.717, 1.165) is 43.9 Å². The largest absolute Gasteiger partial charge is 0.507 e. The Balaban J connectivity index is 1.80. The summed E-state index contributed by atoms with van der Waals surface area (Å²) in [6, 6.07) is 12.7. The predicted octanol–water partition coefficient (Wildman–Crippen LogP) is 3.69. The summed E-state index contributed by atoms with van der Waals surface area (Å²) >= 11 is 6.14. The van der Waals surface area contributed by atoms with Gasteiger partial charge in [0.25, 0.3) is 5.56 Å². The van der Waals surface area contributed by atoms with E-state index in [-0.39, 0.29) is 17.4 Å². The first-order valence-electron chi connectivity index (χ1n) is 11.0. The third-order valence-corrected chi connectivity index (χ3v) is 6.52. The number of halogens is 1. The number of pyridine rings is 2. The Labute approximate surface area is 193 Å². The van der Waals surface area contributed by atoms with Crippen LogP contribution in [-0.4, -0.2) is 57.2 Å². The molecule has 0 amide bonds. The maximum Gasteiger partial charge on any atom is 0.259 e. The minimum absolute atomic E-state index is 0.0350. The highest BCUT2D eigenvalue weighted by molar-refractivity contribution is 6.30. The fourth-order valence-electron chi connectivity index (χ4n) is 4.44. The second-order valence-corrected chi connectivity index (χ2v) is 8.70. The van der Waals surface area contributed by atoms with Gasteiger partial charge in [-0.15, -0.1) is 0 Å². The van der Waals surface area contributed by atoms with Crippen LogP contribution in [0.5, 0.6) is 5.75 Å². The number of nitrogens with zero attached hydrogens (tertiary/aromatic N) is 4. The SMILES string of the molecule is CCN1CCN(C(c2ccc(Cl)cc2)c2c(O)cc(C)n(Cc3cccnc3)c2=O)CC1. The van der Waals surface area contributed by atoms with Crippen LogP contribution in [0.4, 0.5) is 0 Å². The van der Waals surface area contributed by atoms with Crippen molar-refractivity contribution in [2.45, 2.75) is 26.4 Å². The molecule has 0 radical (unpaired) electrons. The van der Waals surface area contributed by atoms with Crippen molar-refractivity contribution in [2.24, 2.45) is 0 Å². The van der Waals surface area contributed by atoms with Gasteiger partial charge in [0.15, 0.2) is 0 Å². The molecule has 3 heterocycles. The number of hydrogen-bond acceptors (Lipinski definition) is 5. The highest BCUT2D eigenvalue weighted by Crippen LogP contribution is 2.34. The van der Waals surface area contributed by atoms with E-state index < -0.39 is 0 Å². The van der Waals surface area contributed by atoms with Crippen LogP contribution in [0.15, 0.2) is 59.7 Å². The third kappa shape index (κ3) is 4.72. The van der Waals surface area contributed by atoms with Crippen molar-refractivity contribution in [3.8, 4) is 5.75 Å². The van der Waals surface area contributed by atoms with Crippen molar-refractivity contribution in [3.05, 3.63) is 92.6 Å². The number of aromatic hydroxyl groups is 1. The molecule has 0 saturated carbocycles. The molecule has 1 saturated heterocycles. The lowest BCUT2D eigenvalue weighted by molar-refractivity contribution is 0.111. The number of rotatable bonds is 6. The summed E-state index contributed by atoms with van der Waals surface area (Å²) in [6.45, 7) is 8.91. The number of hydrogen-bond donors (Lipinski definition) is 1. The lowest BCUT2D eigenvalue weighted by atomic mass is 9.96. The van der Waals surface area contributed by atoms with E-state index >= 15 is 0 Å². The van der Waals surface area contributed by atoms with E-state index in [1.807, 2.05) is 43.3 Å². The second kappa shape index (κ2) is 9.86. The summed E-state index contributed by atoms with van der Waals surface area (Å²) < 4.78 is 1.72. The zero-order valence-electron chi connectivity index (χ0n) is 18.5. The van der Waals surface area contributed by atoms with Crippen LogP contribution in [-0.2, 0) is 6.54 Å². The highest BCUT2D eigenvalue weighted by Gasteiger charge is 2.31. The standard InChI is InChI=1S/C25H29ClN4O2/c1-3-28-11-13-29(14-12-28)24(20-6-8-21(26)9-7-20)23-22(31)15-18(2)30(25(23)32)17-19-5-4-10-27-16-19/h4-10,15-16,24,31H,3,11-14,17H2,1-2H3. The van der Waals surface area contributed by atoms with Crippen molar-refractivity contribution in [2.75, 3.05) is 32.7 Å². The predicted molar refractivity (Wildman–Crippen MR) is 127 cm³/mol. The first-order chi connectivity index (χ1) is 15.5. The van der Waals surface area contributed by atoms with E-state index in [0.29, 0.717) is 22.8 Å². The van der Waals surface area contributed by atoms with E-state index in [4.69, 9.17) is 11.6 Å². The molecule has 2 aromatic heterocycles. The average molecular weight is 453 g/mol. The molecule has 1 aromatic carbocycles. The van der Waals surface area contributed by atoms with Gasteiger partial charge < -0.3 is 14.6 Å². The van der Waals surface area contributed by atoms with Crippen LogP contribution < -0.4 is 5.56 Å². The van der Waals surface area contributed by atoms with Crippen LogP contribution >= 0.6 is 11.6 Å². The molecule has 1 fully saturated rings. The second-order valence-electron chi connectivity index (χ2n) is 8.26. The monoisotopic (exact) mass is 452 g/mol. The molecular weight excluding hydrogens is 424 g/mol. The van der Waals surface area contributed by atoms with Gasteiger partial charge in [-0.2, -0.15) is 0 Å². The van der Waals surface area contributed by atoms with Gasteiger partial charge >= 0.3 is 0 Å². The Morgan fingerprint density at radius 3 is 2.47 bits per heavy atom. The van der Waals surface area contributed by atoms with Crippen molar-refractivity contribution in [3.63, 3.8) is 0 Å². The van der Waals surface area contributed by atoms with Crippen LogP contribution in [0.3, 0.4) is 0 Å². The maximum atomic E-state index is 13.8. The Bertz CT molecular complexity index is 1110. The zero-order valence-corrected chi connectivity index (χ0v) is 19.3. The summed E-state index contributed by atoms with van der Waals surface area (Å²) in [7, 11) is 0.